The van der Waals surface area contributed by atoms with Crippen molar-refractivity contribution in [2.24, 2.45) is 0 Å². The van der Waals surface area contributed by atoms with E-state index in [1.54, 1.807) is 13.4 Å². The number of halogens is 3. The molecular formula is C26H24F3N5O. The number of ether oxygens (including phenoxy) is 1. The molecule has 0 fully saturated rings. The lowest BCUT2D eigenvalue weighted by molar-refractivity contribution is 0.413. The SMILES string of the molecule is COc1cc(/C=C/c2nnc3n2CCCC[C@@H]3c2cc(F)c(F)c(F)c2)ccc1-n1cnc(C)c1. The number of aryl methyl sites for hydroxylation is 1. The average Bonchev–Trinajstić information content (AvgIpc) is 3.40. The van der Waals surface area contributed by atoms with Crippen LogP contribution in [0.1, 0.15) is 53.7 Å². The molecule has 0 saturated carbocycles. The topological polar surface area (TPSA) is 57.8 Å². The second-order valence-electron chi connectivity index (χ2n) is 8.60. The third-order valence-corrected chi connectivity index (χ3v) is 6.27. The van der Waals surface area contributed by atoms with E-state index < -0.39 is 17.5 Å². The van der Waals surface area contributed by atoms with Crippen LogP contribution < -0.4 is 4.74 Å². The maximum absolute atomic E-state index is 13.9. The Morgan fingerprint density at radius 2 is 1.83 bits per heavy atom. The number of aromatic nitrogens is 5. The number of imidazole rings is 1. The summed E-state index contributed by atoms with van der Waals surface area (Å²) < 4.78 is 50.7. The van der Waals surface area contributed by atoms with E-state index in [1.165, 1.54) is 0 Å². The normalized spacial score (nSPS) is 15.9. The molecule has 1 aliphatic rings. The summed E-state index contributed by atoms with van der Waals surface area (Å²) in [7, 11) is 1.62. The maximum Gasteiger partial charge on any atom is 0.194 e. The van der Waals surface area contributed by atoms with Crippen LogP contribution in [0.15, 0.2) is 42.9 Å². The molecule has 35 heavy (non-hydrogen) atoms. The molecule has 4 aromatic rings. The van der Waals surface area contributed by atoms with Crippen LogP contribution in [0.25, 0.3) is 17.8 Å². The lowest BCUT2D eigenvalue weighted by Gasteiger charge is -2.15. The molecule has 9 heteroatoms. The van der Waals surface area contributed by atoms with Crippen molar-refractivity contribution in [3.63, 3.8) is 0 Å². The summed E-state index contributed by atoms with van der Waals surface area (Å²) in [6.45, 7) is 2.61. The third kappa shape index (κ3) is 4.45. The molecule has 5 rings (SSSR count). The first kappa shape index (κ1) is 22.9. The molecule has 2 aromatic heterocycles. The number of fused-ring (bicyclic) bond motifs is 1. The molecule has 0 saturated heterocycles. The molecule has 0 aliphatic carbocycles. The van der Waals surface area contributed by atoms with Gasteiger partial charge in [0, 0.05) is 18.7 Å². The number of rotatable bonds is 5. The van der Waals surface area contributed by atoms with Gasteiger partial charge in [0.1, 0.15) is 11.6 Å². The molecule has 0 spiro atoms. The Labute approximate surface area is 200 Å². The Morgan fingerprint density at radius 3 is 2.54 bits per heavy atom. The van der Waals surface area contributed by atoms with Gasteiger partial charge < -0.3 is 13.9 Å². The van der Waals surface area contributed by atoms with E-state index in [-0.39, 0.29) is 5.92 Å². The Bertz CT molecular complexity index is 1380. The zero-order valence-corrected chi connectivity index (χ0v) is 19.4. The summed E-state index contributed by atoms with van der Waals surface area (Å²) in [6.07, 6.45) is 9.82. The summed E-state index contributed by atoms with van der Waals surface area (Å²) in [5, 5.41) is 8.67. The van der Waals surface area contributed by atoms with Crippen LogP contribution in [0.2, 0.25) is 0 Å². The monoisotopic (exact) mass is 479 g/mol. The highest BCUT2D eigenvalue weighted by Crippen LogP contribution is 2.34. The molecule has 0 amide bonds. The van der Waals surface area contributed by atoms with Gasteiger partial charge >= 0.3 is 0 Å². The maximum atomic E-state index is 13.9. The molecule has 2 aromatic carbocycles. The van der Waals surface area contributed by atoms with Gasteiger partial charge in [0.05, 0.1) is 24.8 Å². The smallest absolute Gasteiger partial charge is 0.194 e. The number of benzene rings is 2. The number of methoxy groups -OCH3 is 1. The van der Waals surface area contributed by atoms with Crippen LogP contribution in [-0.4, -0.2) is 31.4 Å². The fourth-order valence-electron chi connectivity index (χ4n) is 4.51. The second kappa shape index (κ2) is 9.40. The minimum absolute atomic E-state index is 0.363. The molecule has 0 N–H and O–H groups in total. The van der Waals surface area contributed by atoms with Crippen LogP contribution in [-0.2, 0) is 6.54 Å². The summed E-state index contributed by atoms with van der Waals surface area (Å²) in [5.41, 5.74) is 3.06. The fourth-order valence-corrected chi connectivity index (χ4v) is 4.51. The molecule has 6 nitrogen and oxygen atoms in total. The second-order valence-corrected chi connectivity index (χ2v) is 8.60. The quantitative estimate of drug-likeness (QED) is 0.346. The Balaban J connectivity index is 1.45. The average molecular weight is 480 g/mol. The van der Waals surface area contributed by atoms with E-state index >= 15 is 0 Å². The zero-order chi connectivity index (χ0) is 24.5. The van der Waals surface area contributed by atoms with E-state index in [0.717, 1.165) is 41.9 Å². The highest BCUT2D eigenvalue weighted by Gasteiger charge is 2.26. The minimum atomic E-state index is -1.46. The number of nitrogens with zero attached hydrogens (tertiary/aromatic N) is 5. The van der Waals surface area contributed by atoms with Crippen LogP contribution >= 0.6 is 0 Å². The van der Waals surface area contributed by atoms with E-state index in [2.05, 4.69) is 15.2 Å². The highest BCUT2D eigenvalue weighted by molar-refractivity contribution is 5.69. The molecule has 0 unspecified atom stereocenters. The van der Waals surface area contributed by atoms with Crippen molar-refractivity contribution in [1.82, 2.24) is 24.3 Å². The van der Waals surface area contributed by atoms with Crippen molar-refractivity contribution in [3.8, 4) is 11.4 Å². The summed E-state index contributed by atoms with van der Waals surface area (Å²) >= 11 is 0. The number of hydrogen-bond donors (Lipinski definition) is 0. The van der Waals surface area contributed by atoms with Crippen molar-refractivity contribution in [2.45, 2.75) is 38.6 Å². The van der Waals surface area contributed by atoms with Gasteiger partial charge in [-0.15, -0.1) is 10.2 Å². The van der Waals surface area contributed by atoms with Gasteiger partial charge in [0.25, 0.3) is 0 Å². The largest absolute Gasteiger partial charge is 0.495 e. The van der Waals surface area contributed by atoms with E-state index in [4.69, 9.17) is 4.74 Å². The van der Waals surface area contributed by atoms with Gasteiger partial charge in [-0.1, -0.05) is 18.6 Å². The van der Waals surface area contributed by atoms with Crippen LogP contribution in [0.3, 0.4) is 0 Å². The van der Waals surface area contributed by atoms with Crippen molar-refractivity contribution in [1.29, 1.82) is 0 Å². The van der Waals surface area contributed by atoms with Crippen LogP contribution in [0.5, 0.6) is 5.75 Å². The highest BCUT2D eigenvalue weighted by atomic mass is 19.2. The Kier molecular flexibility index (Phi) is 6.15. The van der Waals surface area contributed by atoms with Gasteiger partial charge in [-0.2, -0.15) is 0 Å². The first-order chi connectivity index (χ1) is 16.9. The van der Waals surface area contributed by atoms with E-state index in [9.17, 15) is 13.2 Å². The van der Waals surface area contributed by atoms with Gasteiger partial charge in [0.15, 0.2) is 23.3 Å². The van der Waals surface area contributed by atoms with Crippen LogP contribution in [0.4, 0.5) is 13.2 Å². The van der Waals surface area contributed by atoms with Crippen LogP contribution in [0, 0.1) is 24.4 Å². The molecule has 0 bridgehead atoms. The van der Waals surface area contributed by atoms with Crippen molar-refractivity contribution >= 4 is 12.2 Å². The lowest BCUT2D eigenvalue weighted by Crippen LogP contribution is -2.10. The van der Waals surface area contributed by atoms with E-state index in [1.807, 2.05) is 52.6 Å². The van der Waals surface area contributed by atoms with Crippen molar-refractivity contribution in [3.05, 3.63) is 88.8 Å². The predicted octanol–water partition coefficient (Wildman–Crippen LogP) is 5.68. The number of hydrogen-bond acceptors (Lipinski definition) is 4. The predicted molar refractivity (Wildman–Crippen MR) is 126 cm³/mol. The summed E-state index contributed by atoms with van der Waals surface area (Å²) in [5.74, 6) is -2.26. The molecule has 1 atom stereocenters. The van der Waals surface area contributed by atoms with Gasteiger partial charge in [-0.25, -0.2) is 18.2 Å². The van der Waals surface area contributed by atoms with Gasteiger partial charge in [-0.3, -0.25) is 0 Å². The van der Waals surface area contributed by atoms with Gasteiger partial charge in [-0.05, 0) is 61.2 Å². The fraction of sp³-hybridized carbons (Fsp3) is 0.269. The Hall–Kier alpha value is -3.88. The molecule has 0 radical (unpaired) electrons. The summed E-state index contributed by atoms with van der Waals surface area (Å²) in [6, 6.07) is 7.96. The minimum Gasteiger partial charge on any atom is -0.495 e. The molecule has 3 heterocycles. The molecule has 180 valence electrons. The molecular weight excluding hydrogens is 455 g/mol. The zero-order valence-electron chi connectivity index (χ0n) is 19.4. The first-order valence-electron chi connectivity index (χ1n) is 11.4. The van der Waals surface area contributed by atoms with Gasteiger partial charge in [0.2, 0.25) is 0 Å². The lowest BCUT2D eigenvalue weighted by atomic mass is 9.93. The third-order valence-electron chi connectivity index (χ3n) is 6.27. The summed E-state index contributed by atoms with van der Waals surface area (Å²) in [4.78, 5) is 4.27. The van der Waals surface area contributed by atoms with Crippen molar-refractivity contribution in [2.75, 3.05) is 7.11 Å². The first-order valence-corrected chi connectivity index (χ1v) is 11.4. The molecule has 1 aliphatic heterocycles. The Morgan fingerprint density at radius 1 is 1.03 bits per heavy atom. The van der Waals surface area contributed by atoms with E-state index in [0.29, 0.717) is 35.9 Å². The van der Waals surface area contributed by atoms with Crippen molar-refractivity contribution < 1.29 is 17.9 Å². The standard InChI is InChI=1S/C26H24F3N5O/c1-16-14-33(15-30-16)22-8-6-17(11-23(22)35-2)7-9-24-31-32-26-19(5-3-4-10-34(24)26)18-12-20(27)25(29)21(28)13-18/h6-9,11-15,19H,3-5,10H2,1-2H3/b9-7+/t19-/m1/s1.